The van der Waals surface area contributed by atoms with E-state index in [0.717, 1.165) is 63.9 Å². The van der Waals surface area contributed by atoms with Crippen molar-refractivity contribution in [2.45, 2.75) is 75.8 Å². The second kappa shape index (κ2) is 13.0. The van der Waals surface area contributed by atoms with Crippen molar-refractivity contribution < 1.29 is 19.0 Å². The first-order chi connectivity index (χ1) is 18.6. The number of aryl methyl sites for hydroxylation is 1. The molecule has 4 unspecified atom stereocenters. The van der Waals surface area contributed by atoms with Gasteiger partial charge in [-0.05, 0) is 57.1 Å². The minimum Gasteiger partial charge on any atom is -0.381 e. The molecule has 206 valence electrons. The summed E-state index contributed by atoms with van der Waals surface area (Å²) in [6.07, 6.45) is 9.90. The zero-order valence-electron chi connectivity index (χ0n) is 22.7. The third-order valence-corrected chi connectivity index (χ3v) is 8.16. The van der Waals surface area contributed by atoms with Crippen LogP contribution in [-0.4, -0.2) is 80.0 Å². The van der Waals surface area contributed by atoms with Crippen molar-refractivity contribution in [1.82, 2.24) is 15.2 Å². The van der Waals surface area contributed by atoms with Crippen molar-refractivity contribution in [2.75, 3.05) is 45.3 Å². The van der Waals surface area contributed by atoms with Crippen LogP contribution in [0.15, 0.2) is 42.7 Å². The predicted octanol–water partition coefficient (Wildman–Crippen LogP) is 4.11. The maximum atomic E-state index is 13.3. The van der Waals surface area contributed by atoms with Gasteiger partial charge in [0.15, 0.2) is 0 Å². The molecule has 0 saturated carbocycles. The number of hydrogen-bond acceptors (Lipinski definition) is 7. The number of benzene rings is 1. The van der Waals surface area contributed by atoms with E-state index in [0.29, 0.717) is 30.8 Å². The van der Waals surface area contributed by atoms with E-state index in [9.17, 15) is 4.79 Å². The summed E-state index contributed by atoms with van der Waals surface area (Å²) in [5.74, 6) is 0.0498. The minimum atomic E-state index is 0.0498. The quantitative estimate of drug-likeness (QED) is 0.540. The van der Waals surface area contributed by atoms with Crippen LogP contribution in [0.1, 0.15) is 66.1 Å². The van der Waals surface area contributed by atoms with E-state index in [-0.39, 0.29) is 24.2 Å². The molecule has 38 heavy (non-hydrogen) atoms. The fourth-order valence-corrected chi connectivity index (χ4v) is 5.83. The summed E-state index contributed by atoms with van der Waals surface area (Å²) in [5, 5.41) is 7.22. The van der Waals surface area contributed by atoms with Crippen LogP contribution in [0.25, 0.3) is 0 Å². The van der Waals surface area contributed by atoms with Gasteiger partial charge >= 0.3 is 0 Å². The number of piperidine rings is 1. The lowest BCUT2D eigenvalue weighted by Gasteiger charge is -2.38. The lowest BCUT2D eigenvalue weighted by Crippen LogP contribution is -2.54. The van der Waals surface area contributed by atoms with Gasteiger partial charge in [-0.25, -0.2) is 0 Å². The Bertz CT molecular complexity index is 1040. The molecule has 3 saturated heterocycles. The maximum absolute atomic E-state index is 13.3. The summed E-state index contributed by atoms with van der Waals surface area (Å²) < 4.78 is 17.5. The first kappa shape index (κ1) is 27.1. The van der Waals surface area contributed by atoms with Gasteiger partial charge in [-0.15, -0.1) is 0 Å². The number of ether oxygens (including phenoxy) is 3. The summed E-state index contributed by atoms with van der Waals surface area (Å²) in [7, 11) is 1.75. The molecule has 0 radical (unpaired) electrons. The average molecular weight is 523 g/mol. The van der Waals surface area contributed by atoms with Gasteiger partial charge in [-0.3, -0.25) is 9.78 Å². The lowest BCUT2D eigenvalue weighted by molar-refractivity contribution is -0.0533. The van der Waals surface area contributed by atoms with E-state index in [1.807, 2.05) is 11.0 Å². The number of anilines is 1. The molecule has 0 aliphatic carbocycles. The summed E-state index contributed by atoms with van der Waals surface area (Å²) in [4.78, 5) is 19.6. The first-order valence-corrected chi connectivity index (χ1v) is 14.2. The Labute approximate surface area is 226 Å². The Hall–Kier alpha value is -2.52. The van der Waals surface area contributed by atoms with E-state index in [4.69, 9.17) is 14.2 Å². The Morgan fingerprint density at radius 2 is 1.92 bits per heavy atom. The third-order valence-electron chi connectivity index (χ3n) is 8.16. The van der Waals surface area contributed by atoms with Gasteiger partial charge in [-0.2, -0.15) is 0 Å². The average Bonchev–Trinajstić information content (AvgIpc) is 2.97. The van der Waals surface area contributed by atoms with Crippen LogP contribution in [0.2, 0.25) is 0 Å². The highest BCUT2D eigenvalue weighted by Crippen LogP contribution is 2.31. The first-order valence-electron chi connectivity index (χ1n) is 14.2. The summed E-state index contributed by atoms with van der Waals surface area (Å²) in [5.41, 5.74) is 4.01. The molecule has 4 heterocycles. The van der Waals surface area contributed by atoms with Crippen molar-refractivity contribution in [1.29, 1.82) is 0 Å². The van der Waals surface area contributed by atoms with E-state index < -0.39 is 0 Å². The number of carbonyl (C=O) groups is 1. The molecule has 1 aromatic carbocycles. The number of aromatic nitrogens is 1. The highest BCUT2D eigenvalue weighted by atomic mass is 16.5. The second-order valence-electron chi connectivity index (χ2n) is 10.9. The Balaban J connectivity index is 1.10. The summed E-state index contributed by atoms with van der Waals surface area (Å²) in [6, 6.07) is 11.3. The molecule has 3 aliphatic heterocycles. The molecule has 8 heteroatoms. The molecule has 2 N–H and O–H groups in total. The molecule has 3 fully saturated rings. The number of carbonyl (C=O) groups excluding carboxylic acids is 1. The van der Waals surface area contributed by atoms with Crippen LogP contribution in [-0.2, 0) is 14.2 Å². The fourth-order valence-electron chi connectivity index (χ4n) is 5.83. The van der Waals surface area contributed by atoms with E-state index >= 15 is 0 Å². The Morgan fingerprint density at radius 1 is 1.11 bits per heavy atom. The fraction of sp³-hybridized carbons (Fsp3) is 0.600. The van der Waals surface area contributed by atoms with Gasteiger partial charge in [0.05, 0.1) is 36.2 Å². The van der Waals surface area contributed by atoms with Crippen molar-refractivity contribution in [3.05, 3.63) is 59.4 Å². The SMILES string of the molecule is COC1COCCC1NC1CCN(C(=O)c2cncc(NCC3CCCC(c4ccc(C)cc4)O3)c2)CC1. The van der Waals surface area contributed by atoms with E-state index in [1.54, 1.807) is 19.5 Å². The number of nitrogens with zero attached hydrogens (tertiary/aromatic N) is 2. The summed E-state index contributed by atoms with van der Waals surface area (Å²) in [6.45, 7) is 5.70. The third kappa shape index (κ3) is 6.91. The molecule has 1 aromatic heterocycles. The molecule has 4 atom stereocenters. The smallest absolute Gasteiger partial charge is 0.255 e. The molecule has 2 aromatic rings. The minimum absolute atomic E-state index is 0.0498. The van der Waals surface area contributed by atoms with Crippen molar-refractivity contribution in [3.63, 3.8) is 0 Å². The number of hydrogen-bond donors (Lipinski definition) is 2. The van der Waals surface area contributed by atoms with Gasteiger partial charge in [0.25, 0.3) is 5.91 Å². The van der Waals surface area contributed by atoms with E-state index in [1.165, 1.54) is 11.1 Å². The zero-order chi connectivity index (χ0) is 26.3. The van der Waals surface area contributed by atoms with Crippen LogP contribution in [0.3, 0.4) is 0 Å². The van der Waals surface area contributed by atoms with Gasteiger partial charge in [0.2, 0.25) is 0 Å². The van der Waals surface area contributed by atoms with Gasteiger partial charge in [0, 0.05) is 57.8 Å². The molecule has 5 rings (SSSR count). The van der Waals surface area contributed by atoms with Crippen LogP contribution in [0.4, 0.5) is 5.69 Å². The number of likely N-dealkylation sites (tertiary alicyclic amines) is 1. The Kier molecular flexibility index (Phi) is 9.27. The van der Waals surface area contributed by atoms with Crippen molar-refractivity contribution >= 4 is 11.6 Å². The normalized spacial score (nSPS) is 26.7. The molecular formula is C30H42N4O4. The Morgan fingerprint density at radius 3 is 2.71 bits per heavy atom. The topological polar surface area (TPSA) is 85.0 Å². The number of amides is 1. The van der Waals surface area contributed by atoms with Gasteiger partial charge in [-0.1, -0.05) is 29.8 Å². The molecule has 8 nitrogen and oxygen atoms in total. The number of rotatable bonds is 8. The number of nitrogens with one attached hydrogen (secondary N) is 2. The summed E-state index contributed by atoms with van der Waals surface area (Å²) >= 11 is 0. The molecular weight excluding hydrogens is 480 g/mol. The number of methoxy groups -OCH3 is 1. The zero-order valence-corrected chi connectivity index (χ0v) is 22.7. The predicted molar refractivity (Wildman–Crippen MR) is 147 cm³/mol. The monoisotopic (exact) mass is 522 g/mol. The molecule has 0 spiro atoms. The second-order valence-corrected chi connectivity index (χ2v) is 10.9. The highest BCUT2D eigenvalue weighted by Gasteiger charge is 2.30. The van der Waals surface area contributed by atoms with Crippen LogP contribution in [0.5, 0.6) is 0 Å². The van der Waals surface area contributed by atoms with E-state index in [2.05, 4.69) is 46.8 Å². The highest BCUT2D eigenvalue weighted by molar-refractivity contribution is 5.94. The number of pyridine rings is 1. The van der Waals surface area contributed by atoms with Gasteiger partial charge < -0.3 is 29.7 Å². The van der Waals surface area contributed by atoms with Crippen molar-refractivity contribution in [3.8, 4) is 0 Å². The van der Waals surface area contributed by atoms with Crippen LogP contribution in [0, 0.1) is 6.92 Å². The lowest BCUT2D eigenvalue weighted by atomic mass is 9.97. The molecule has 0 bridgehead atoms. The van der Waals surface area contributed by atoms with Crippen LogP contribution >= 0.6 is 0 Å². The van der Waals surface area contributed by atoms with Crippen molar-refractivity contribution in [2.24, 2.45) is 0 Å². The van der Waals surface area contributed by atoms with Crippen LogP contribution < -0.4 is 10.6 Å². The molecule has 3 aliphatic rings. The van der Waals surface area contributed by atoms with Gasteiger partial charge in [0.1, 0.15) is 0 Å². The largest absolute Gasteiger partial charge is 0.381 e. The standard InChI is InChI=1S/C30H42N4O4/c1-21-6-8-22(9-7-21)28-5-3-4-26(38-28)19-32-25-16-23(17-31-18-25)30(35)34-13-10-24(11-14-34)33-27-12-15-37-20-29(27)36-2/h6-9,16-18,24,26-29,32-33H,3-5,10-15,19-20H2,1-2H3. The molecule has 1 amide bonds. The maximum Gasteiger partial charge on any atom is 0.255 e.